The predicted molar refractivity (Wildman–Crippen MR) is 133 cm³/mol. The molecule has 2 aromatic rings. The van der Waals surface area contributed by atoms with Crippen LogP contribution in [0.2, 0.25) is 0 Å². The van der Waals surface area contributed by atoms with Gasteiger partial charge in [-0.3, -0.25) is 9.10 Å². The van der Waals surface area contributed by atoms with Crippen LogP contribution in [0.15, 0.2) is 48.5 Å². The summed E-state index contributed by atoms with van der Waals surface area (Å²) in [6.45, 7) is 3.54. The average molecular weight is 554 g/mol. The monoisotopic (exact) mass is 553 g/mol. The molecule has 0 unspecified atom stereocenters. The van der Waals surface area contributed by atoms with Crippen molar-refractivity contribution >= 4 is 33.9 Å². The largest absolute Gasteiger partial charge is 0.466 e. The Morgan fingerprint density at radius 3 is 2.00 bits per heavy atom. The molecule has 0 spiro atoms. The van der Waals surface area contributed by atoms with E-state index in [1.54, 1.807) is 13.8 Å². The van der Waals surface area contributed by atoms with E-state index in [1.165, 1.54) is 41.3 Å². The molecule has 0 bridgehead atoms. The molecule has 1 atom stereocenters. The van der Waals surface area contributed by atoms with Crippen LogP contribution >= 0.6 is 0 Å². The number of ether oxygens (including phenoxy) is 2. The Morgan fingerprint density at radius 1 is 0.974 bits per heavy atom. The third kappa shape index (κ3) is 6.97. The fraction of sp³-hybridized carbons (Fsp3) is 0.400. The van der Waals surface area contributed by atoms with E-state index in [4.69, 9.17) is 4.74 Å². The van der Waals surface area contributed by atoms with Crippen LogP contribution in [0.4, 0.5) is 19.3 Å². The zero-order valence-corrected chi connectivity index (χ0v) is 21.9. The second-order valence-electron chi connectivity index (χ2n) is 9.00. The molecule has 3 rings (SSSR count). The lowest BCUT2D eigenvalue weighted by atomic mass is 10.0. The molecule has 2 aromatic carbocycles. The van der Waals surface area contributed by atoms with E-state index in [9.17, 15) is 31.6 Å². The number of methoxy groups -OCH3 is 1. The van der Waals surface area contributed by atoms with Crippen LogP contribution in [-0.4, -0.2) is 63.6 Å². The lowest BCUT2D eigenvalue weighted by Gasteiger charge is -2.38. The lowest BCUT2D eigenvalue weighted by molar-refractivity contribution is -0.152. The highest BCUT2D eigenvalue weighted by molar-refractivity contribution is 7.91. The standard InChI is InChI=1S/C25H29F2N3O7S/c1-16(2)22(24(32)36-3)37-25(33)28-38(34,35)30(20-10-8-19(27)9-11-20)21-12-14-29(15-13-21)23(31)17-4-6-18(26)7-5-17/h4-11,16,21-22H,12-15H2,1-3H3,(H,28,33)/t22-/m0/s1. The number of likely N-dealkylation sites (tertiary alicyclic amines) is 1. The molecular formula is C25H29F2N3O7S. The second-order valence-corrected chi connectivity index (χ2v) is 10.6. The van der Waals surface area contributed by atoms with Gasteiger partial charge in [0.1, 0.15) is 11.6 Å². The molecule has 1 fully saturated rings. The van der Waals surface area contributed by atoms with E-state index in [1.807, 2.05) is 4.72 Å². The van der Waals surface area contributed by atoms with Gasteiger partial charge in [0.05, 0.1) is 18.8 Å². The smallest absolute Gasteiger partial charge is 0.423 e. The summed E-state index contributed by atoms with van der Waals surface area (Å²) in [5, 5.41) is 0. The third-order valence-electron chi connectivity index (χ3n) is 6.00. The van der Waals surface area contributed by atoms with Crippen LogP contribution in [-0.2, 0) is 24.5 Å². The molecule has 13 heteroatoms. The molecule has 0 saturated carbocycles. The summed E-state index contributed by atoms with van der Waals surface area (Å²) in [7, 11) is -3.49. The minimum atomic E-state index is -4.60. The van der Waals surface area contributed by atoms with Gasteiger partial charge in [-0.25, -0.2) is 23.1 Å². The SMILES string of the molecule is COC(=O)[C@@H](OC(=O)NS(=O)(=O)N(c1ccc(F)cc1)C1CCN(C(=O)c2ccc(F)cc2)CC1)C(C)C. The van der Waals surface area contributed by atoms with Gasteiger partial charge in [0, 0.05) is 24.6 Å². The molecule has 1 aliphatic rings. The Hall–Kier alpha value is -3.74. The molecule has 1 saturated heterocycles. The van der Waals surface area contributed by atoms with Gasteiger partial charge in [-0.15, -0.1) is 0 Å². The fourth-order valence-electron chi connectivity index (χ4n) is 4.08. The topological polar surface area (TPSA) is 122 Å². The first kappa shape index (κ1) is 28.8. The summed E-state index contributed by atoms with van der Waals surface area (Å²) in [6.07, 6.45) is -2.34. The molecular weight excluding hydrogens is 524 g/mol. The molecule has 10 nitrogen and oxygen atoms in total. The number of hydrogen-bond donors (Lipinski definition) is 1. The summed E-state index contributed by atoms with van der Waals surface area (Å²) in [4.78, 5) is 38.7. The van der Waals surface area contributed by atoms with Crippen molar-refractivity contribution < 1.29 is 41.1 Å². The van der Waals surface area contributed by atoms with E-state index in [2.05, 4.69) is 4.74 Å². The number of rotatable bonds is 8. The first-order valence-electron chi connectivity index (χ1n) is 11.8. The van der Waals surface area contributed by atoms with Crippen LogP contribution in [0.25, 0.3) is 0 Å². The quantitative estimate of drug-likeness (QED) is 0.498. The van der Waals surface area contributed by atoms with Crippen molar-refractivity contribution in [2.75, 3.05) is 24.5 Å². The van der Waals surface area contributed by atoms with Gasteiger partial charge in [0.15, 0.2) is 0 Å². The number of halogens is 2. The van der Waals surface area contributed by atoms with Gasteiger partial charge in [-0.1, -0.05) is 13.8 Å². The Balaban J connectivity index is 1.79. The van der Waals surface area contributed by atoms with Gasteiger partial charge in [-0.2, -0.15) is 8.42 Å². The summed E-state index contributed by atoms with van der Waals surface area (Å²) in [6, 6.07) is 9.05. The highest BCUT2D eigenvalue weighted by Gasteiger charge is 2.37. The minimum absolute atomic E-state index is 0.0865. The number of nitrogens with one attached hydrogen (secondary N) is 1. The van der Waals surface area contributed by atoms with Gasteiger partial charge in [0.2, 0.25) is 6.10 Å². The van der Waals surface area contributed by atoms with Crippen molar-refractivity contribution in [1.29, 1.82) is 0 Å². The van der Waals surface area contributed by atoms with E-state index < -0.39 is 52.0 Å². The van der Waals surface area contributed by atoms with E-state index in [0.717, 1.165) is 23.5 Å². The van der Waals surface area contributed by atoms with Gasteiger partial charge >= 0.3 is 22.3 Å². The highest BCUT2D eigenvalue weighted by atomic mass is 32.2. The number of amides is 2. The fourth-order valence-corrected chi connectivity index (χ4v) is 5.44. The van der Waals surface area contributed by atoms with Crippen molar-refractivity contribution in [1.82, 2.24) is 9.62 Å². The highest BCUT2D eigenvalue weighted by Crippen LogP contribution is 2.27. The average Bonchev–Trinajstić information content (AvgIpc) is 2.88. The molecule has 1 heterocycles. The van der Waals surface area contributed by atoms with E-state index in [0.29, 0.717) is 5.56 Å². The van der Waals surface area contributed by atoms with Crippen LogP contribution in [0.1, 0.15) is 37.0 Å². The Kier molecular flexibility index (Phi) is 9.26. The lowest BCUT2D eigenvalue weighted by Crippen LogP contribution is -2.53. The Labute approximate surface area is 219 Å². The van der Waals surface area contributed by atoms with Crippen molar-refractivity contribution in [3.8, 4) is 0 Å². The van der Waals surface area contributed by atoms with Crippen LogP contribution in [0.3, 0.4) is 0 Å². The number of carbonyl (C=O) groups is 3. The number of hydrogen-bond acceptors (Lipinski definition) is 7. The van der Waals surface area contributed by atoms with E-state index >= 15 is 0 Å². The first-order valence-corrected chi connectivity index (χ1v) is 13.3. The predicted octanol–water partition coefficient (Wildman–Crippen LogP) is 3.24. The molecule has 206 valence electrons. The van der Waals surface area contributed by atoms with Crippen molar-refractivity contribution in [3.63, 3.8) is 0 Å². The van der Waals surface area contributed by atoms with Crippen molar-refractivity contribution in [2.24, 2.45) is 5.92 Å². The number of benzene rings is 2. The first-order chi connectivity index (χ1) is 17.9. The molecule has 0 radical (unpaired) electrons. The van der Waals surface area contributed by atoms with Crippen LogP contribution in [0.5, 0.6) is 0 Å². The zero-order valence-electron chi connectivity index (χ0n) is 21.1. The van der Waals surface area contributed by atoms with Gasteiger partial charge in [0.25, 0.3) is 5.91 Å². The summed E-state index contributed by atoms with van der Waals surface area (Å²) < 4.78 is 65.9. The second kappa shape index (κ2) is 12.2. The summed E-state index contributed by atoms with van der Waals surface area (Å²) >= 11 is 0. The van der Waals surface area contributed by atoms with Crippen LogP contribution in [0, 0.1) is 17.6 Å². The van der Waals surface area contributed by atoms with Crippen molar-refractivity contribution in [3.05, 3.63) is 65.7 Å². The maximum Gasteiger partial charge on any atom is 0.423 e. The van der Waals surface area contributed by atoms with Crippen LogP contribution < -0.4 is 9.03 Å². The number of anilines is 1. The molecule has 2 amide bonds. The summed E-state index contributed by atoms with van der Waals surface area (Å²) in [5.41, 5.74) is 0.381. The number of carbonyl (C=O) groups excluding carboxylic acids is 3. The number of esters is 1. The maximum absolute atomic E-state index is 13.6. The van der Waals surface area contributed by atoms with Gasteiger partial charge in [-0.05, 0) is 61.4 Å². The number of piperidine rings is 1. The maximum atomic E-state index is 13.6. The normalized spacial score (nSPS) is 15.1. The Morgan fingerprint density at radius 2 is 1.50 bits per heavy atom. The third-order valence-corrected chi connectivity index (χ3v) is 7.45. The number of nitrogens with zero attached hydrogens (tertiary/aromatic N) is 2. The van der Waals surface area contributed by atoms with E-state index in [-0.39, 0.29) is 37.5 Å². The van der Waals surface area contributed by atoms with Gasteiger partial charge < -0.3 is 14.4 Å². The molecule has 0 aromatic heterocycles. The van der Waals surface area contributed by atoms with Crippen molar-refractivity contribution in [2.45, 2.75) is 38.8 Å². The zero-order chi connectivity index (χ0) is 28.0. The summed E-state index contributed by atoms with van der Waals surface area (Å²) in [5.74, 6) is -2.73. The molecule has 38 heavy (non-hydrogen) atoms. The molecule has 0 aliphatic carbocycles. The minimum Gasteiger partial charge on any atom is -0.466 e. The molecule has 1 aliphatic heterocycles. The molecule has 1 N–H and O–H groups in total. The Bertz CT molecular complexity index is 1250.